The van der Waals surface area contributed by atoms with Crippen molar-refractivity contribution in [2.24, 2.45) is 5.92 Å². The molecule has 2 heteroatoms. The minimum absolute atomic E-state index is 0.154. The lowest BCUT2D eigenvalue weighted by atomic mass is 9.98. The molecule has 2 nitrogen and oxygen atoms in total. The lowest BCUT2D eigenvalue weighted by Crippen LogP contribution is -2.30. The van der Waals surface area contributed by atoms with E-state index in [1.54, 1.807) is 0 Å². The number of aliphatic hydroxyl groups is 2. The first-order valence-electron chi connectivity index (χ1n) is 4.95. The molecule has 2 N–H and O–H groups in total. The Morgan fingerprint density at radius 1 is 1.08 bits per heavy atom. The molecule has 0 saturated carbocycles. The van der Waals surface area contributed by atoms with Gasteiger partial charge >= 0.3 is 0 Å². The molecule has 0 heterocycles. The summed E-state index contributed by atoms with van der Waals surface area (Å²) in [4.78, 5) is 0. The molecule has 0 aliphatic heterocycles. The molecule has 0 radical (unpaired) electrons. The first kappa shape index (κ1) is 11.9. The molecule has 0 saturated heterocycles. The van der Waals surface area contributed by atoms with Crippen molar-refractivity contribution in [1.82, 2.24) is 0 Å². The average molecular weight is 174 g/mol. The fraction of sp³-hybridized carbons (Fsp3) is 1.00. The Hall–Kier alpha value is -0.0800. The van der Waals surface area contributed by atoms with Crippen molar-refractivity contribution in [3.63, 3.8) is 0 Å². The van der Waals surface area contributed by atoms with E-state index in [0.717, 1.165) is 25.7 Å². The van der Waals surface area contributed by atoms with Crippen molar-refractivity contribution in [3.8, 4) is 0 Å². The lowest BCUT2D eigenvalue weighted by molar-refractivity contribution is -0.0132. The topological polar surface area (TPSA) is 40.5 Å². The quantitative estimate of drug-likeness (QED) is 0.604. The van der Waals surface area contributed by atoms with E-state index in [0.29, 0.717) is 0 Å². The van der Waals surface area contributed by atoms with Gasteiger partial charge in [0.25, 0.3) is 0 Å². The molecule has 12 heavy (non-hydrogen) atoms. The fourth-order valence-electron chi connectivity index (χ4n) is 1.22. The maximum Gasteiger partial charge on any atom is 0.0821 e. The van der Waals surface area contributed by atoms with Gasteiger partial charge in [-0.15, -0.1) is 0 Å². The van der Waals surface area contributed by atoms with E-state index >= 15 is 0 Å². The van der Waals surface area contributed by atoms with Crippen molar-refractivity contribution >= 4 is 0 Å². The molecule has 0 aromatic heterocycles. The molecule has 0 aliphatic rings. The molecule has 0 fully saturated rings. The Kier molecular flexibility index (Phi) is 6.39. The van der Waals surface area contributed by atoms with Crippen molar-refractivity contribution in [1.29, 1.82) is 0 Å². The van der Waals surface area contributed by atoms with Gasteiger partial charge < -0.3 is 10.2 Å². The molecule has 0 spiro atoms. The van der Waals surface area contributed by atoms with Crippen LogP contribution in [0.2, 0.25) is 0 Å². The zero-order valence-corrected chi connectivity index (χ0v) is 8.45. The van der Waals surface area contributed by atoms with Gasteiger partial charge in [0, 0.05) is 0 Å². The highest BCUT2D eigenvalue weighted by atomic mass is 16.3. The molecule has 0 aliphatic carbocycles. The predicted molar refractivity (Wildman–Crippen MR) is 51.0 cm³/mol. The Balaban J connectivity index is 3.49. The van der Waals surface area contributed by atoms with Gasteiger partial charge in [-0.2, -0.15) is 0 Å². The lowest BCUT2D eigenvalue weighted by Gasteiger charge is -2.20. The van der Waals surface area contributed by atoms with Gasteiger partial charge in [0.15, 0.2) is 0 Å². The van der Waals surface area contributed by atoms with Crippen molar-refractivity contribution in [3.05, 3.63) is 0 Å². The van der Waals surface area contributed by atoms with Crippen LogP contribution in [0.5, 0.6) is 0 Å². The molecule has 0 aromatic carbocycles. The summed E-state index contributed by atoms with van der Waals surface area (Å²) in [5, 5.41) is 18.9. The van der Waals surface area contributed by atoms with Gasteiger partial charge in [0.2, 0.25) is 0 Å². The van der Waals surface area contributed by atoms with Gasteiger partial charge in [-0.05, 0) is 12.3 Å². The second kappa shape index (κ2) is 6.44. The minimum atomic E-state index is -0.554. The summed E-state index contributed by atoms with van der Waals surface area (Å²) in [6, 6.07) is 0. The fourth-order valence-corrected chi connectivity index (χ4v) is 1.22. The van der Waals surface area contributed by atoms with Crippen LogP contribution in [-0.2, 0) is 0 Å². The second-order valence-electron chi connectivity index (χ2n) is 3.80. The number of aliphatic hydroxyl groups excluding tert-OH is 2. The molecular formula is C10H22O2. The summed E-state index contributed by atoms with van der Waals surface area (Å²) in [7, 11) is 0. The second-order valence-corrected chi connectivity index (χ2v) is 3.80. The number of unbranched alkanes of at least 4 members (excludes halogenated alkanes) is 2. The van der Waals surface area contributed by atoms with Gasteiger partial charge in [-0.1, -0.05) is 40.0 Å². The van der Waals surface area contributed by atoms with Crippen molar-refractivity contribution < 1.29 is 10.2 Å². The van der Waals surface area contributed by atoms with Crippen LogP contribution in [-0.4, -0.2) is 22.4 Å². The van der Waals surface area contributed by atoms with E-state index in [1.807, 2.05) is 13.8 Å². The summed E-state index contributed by atoms with van der Waals surface area (Å²) >= 11 is 0. The number of hydrogen-bond acceptors (Lipinski definition) is 2. The summed E-state index contributed by atoms with van der Waals surface area (Å²) in [5.74, 6) is 0.154. The molecule has 0 bridgehead atoms. The Labute approximate surface area is 75.6 Å². The average Bonchev–Trinajstić information content (AvgIpc) is 2.03. The standard InChI is InChI=1S/C10H22O2/c1-4-5-6-7-9(11)10(12)8(2)3/h8-12H,4-7H2,1-3H3. The summed E-state index contributed by atoms with van der Waals surface area (Å²) in [6.07, 6.45) is 2.96. The van der Waals surface area contributed by atoms with E-state index in [-0.39, 0.29) is 5.92 Å². The van der Waals surface area contributed by atoms with Crippen molar-refractivity contribution in [2.75, 3.05) is 0 Å². The predicted octanol–water partition coefficient (Wildman–Crippen LogP) is 1.94. The Bertz CT molecular complexity index is 102. The minimum Gasteiger partial charge on any atom is -0.390 e. The maximum absolute atomic E-state index is 9.46. The van der Waals surface area contributed by atoms with E-state index < -0.39 is 12.2 Å². The third-order valence-corrected chi connectivity index (χ3v) is 2.18. The molecule has 74 valence electrons. The van der Waals surface area contributed by atoms with Gasteiger partial charge in [0.05, 0.1) is 12.2 Å². The normalized spacial score (nSPS) is 16.5. The molecule has 2 unspecified atom stereocenters. The monoisotopic (exact) mass is 174 g/mol. The van der Waals surface area contributed by atoms with E-state index in [1.165, 1.54) is 0 Å². The molecule has 0 amide bonds. The summed E-state index contributed by atoms with van der Waals surface area (Å²) in [6.45, 7) is 5.98. The van der Waals surface area contributed by atoms with Crippen molar-refractivity contribution in [2.45, 2.75) is 58.7 Å². The summed E-state index contributed by atoms with van der Waals surface area (Å²) in [5.41, 5.74) is 0. The van der Waals surface area contributed by atoms with Crippen LogP contribution in [0.1, 0.15) is 46.5 Å². The van der Waals surface area contributed by atoms with Crippen LogP contribution in [0.4, 0.5) is 0 Å². The molecule has 0 rings (SSSR count). The molecule has 0 aromatic rings. The number of hydrogen-bond donors (Lipinski definition) is 2. The maximum atomic E-state index is 9.46. The smallest absolute Gasteiger partial charge is 0.0821 e. The van der Waals surface area contributed by atoms with E-state index in [4.69, 9.17) is 0 Å². The van der Waals surface area contributed by atoms with Crippen LogP contribution in [0, 0.1) is 5.92 Å². The molecule has 2 atom stereocenters. The van der Waals surface area contributed by atoms with E-state index in [9.17, 15) is 10.2 Å². The Morgan fingerprint density at radius 2 is 1.67 bits per heavy atom. The van der Waals surface area contributed by atoms with Gasteiger partial charge in [0.1, 0.15) is 0 Å². The molecular weight excluding hydrogens is 152 g/mol. The SMILES string of the molecule is CCCCCC(O)C(O)C(C)C. The highest BCUT2D eigenvalue weighted by molar-refractivity contribution is 4.69. The van der Waals surface area contributed by atoms with Crippen LogP contribution >= 0.6 is 0 Å². The summed E-state index contributed by atoms with van der Waals surface area (Å²) < 4.78 is 0. The highest BCUT2D eigenvalue weighted by Crippen LogP contribution is 2.12. The zero-order valence-electron chi connectivity index (χ0n) is 8.45. The first-order valence-corrected chi connectivity index (χ1v) is 4.95. The van der Waals surface area contributed by atoms with Gasteiger partial charge in [-0.3, -0.25) is 0 Å². The van der Waals surface area contributed by atoms with Crippen LogP contribution in [0.25, 0.3) is 0 Å². The zero-order chi connectivity index (χ0) is 9.56. The van der Waals surface area contributed by atoms with Gasteiger partial charge in [-0.25, -0.2) is 0 Å². The highest BCUT2D eigenvalue weighted by Gasteiger charge is 2.18. The van der Waals surface area contributed by atoms with E-state index in [2.05, 4.69) is 6.92 Å². The number of rotatable bonds is 6. The van der Waals surface area contributed by atoms with Crippen LogP contribution in [0.3, 0.4) is 0 Å². The largest absolute Gasteiger partial charge is 0.390 e. The first-order chi connectivity index (χ1) is 5.59. The Morgan fingerprint density at radius 3 is 2.08 bits per heavy atom. The third kappa shape index (κ3) is 4.73. The van der Waals surface area contributed by atoms with Crippen LogP contribution in [0.15, 0.2) is 0 Å². The third-order valence-electron chi connectivity index (χ3n) is 2.18. The van der Waals surface area contributed by atoms with Crippen LogP contribution < -0.4 is 0 Å².